The van der Waals surface area contributed by atoms with Crippen LogP contribution >= 0.6 is 11.3 Å². The summed E-state index contributed by atoms with van der Waals surface area (Å²) in [5.41, 5.74) is 1.18. The molecule has 0 saturated carbocycles. The van der Waals surface area contributed by atoms with Crippen molar-refractivity contribution >= 4 is 27.2 Å². The number of halogens is 3. The average Bonchev–Trinajstić information content (AvgIpc) is 3.33. The molecule has 1 aliphatic carbocycles. The summed E-state index contributed by atoms with van der Waals surface area (Å²) in [5.74, 6) is 0.905. The largest absolute Gasteiger partial charge is 0.435 e. The molecule has 1 atom stereocenters. The molecule has 146 valence electrons. The molecule has 4 aromatic rings. The zero-order valence-corrected chi connectivity index (χ0v) is 16.1. The molecule has 0 unspecified atom stereocenters. The quantitative estimate of drug-likeness (QED) is 0.499. The summed E-state index contributed by atoms with van der Waals surface area (Å²) in [6.07, 6.45) is 1.39. The van der Waals surface area contributed by atoms with Gasteiger partial charge in [0.25, 0.3) is 0 Å². The first kappa shape index (κ1) is 17.6. The molecule has 10 heteroatoms. The number of fused-ring (bicyclic) bond motifs is 5. The van der Waals surface area contributed by atoms with Crippen LogP contribution in [0.4, 0.5) is 13.2 Å². The van der Waals surface area contributed by atoms with Gasteiger partial charge < -0.3 is 0 Å². The second kappa shape index (κ2) is 6.00. The van der Waals surface area contributed by atoms with Crippen molar-refractivity contribution in [3.05, 3.63) is 28.5 Å². The third kappa shape index (κ3) is 2.61. The van der Waals surface area contributed by atoms with E-state index in [1.165, 1.54) is 17.5 Å². The second-order valence-electron chi connectivity index (χ2n) is 7.19. The Morgan fingerprint density at radius 2 is 2.11 bits per heavy atom. The van der Waals surface area contributed by atoms with Crippen molar-refractivity contribution in [2.45, 2.75) is 38.8 Å². The van der Waals surface area contributed by atoms with Crippen LogP contribution in [0.2, 0.25) is 0 Å². The van der Waals surface area contributed by atoms with E-state index in [4.69, 9.17) is 0 Å². The van der Waals surface area contributed by atoms with Crippen molar-refractivity contribution < 1.29 is 13.2 Å². The molecule has 1 aliphatic rings. The lowest BCUT2D eigenvalue weighted by atomic mass is 9.86. The predicted molar refractivity (Wildman–Crippen MR) is 99.2 cm³/mol. The fourth-order valence-corrected chi connectivity index (χ4v) is 5.21. The first-order valence-electron chi connectivity index (χ1n) is 9.12. The molecule has 0 fully saturated rings. The molecule has 4 aromatic heterocycles. The molecule has 0 bridgehead atoms. The highest BCUT2D eigenvalue weighted by molar-refractivity contribution is 7.19. The molecular formula is C18H17F3N6S. The lowest BCUT2D eigenvalue weighted by Gasteiger charge is -2.20. The lowest BCUT2D eigenvalue weighted by molar-refractivity contribution is -0.141. The van der Waals surface area contributed by atoms with Gasteiger partial charge in [0.05, 0.1) is 5.39 Å². The second-order valence-corrected chi connectivity index (χ2v) is 8.27. The van der Waals surface area contributed by atoms with Gasteiger partial charge in [0.1, 0.15) is 16.9 Å². The van der Waals surface area contributed by atoms with Crippen molar-refractivity contribution in [1.29, 1.82) is 0 Å². The summed E-state index contributed by atoms with van der Waals surface area (Å²) in [6.45, 7) is 2.22. The molecule has 28 heavy (non-hydrogen) atoms. The smallest absolute Gasteiger partial charge is 0.264 e. The van der Waals surface area contributed by atoms with Crippen LogP contribution in [0.3, 0.4) is 0 Å². The van der Waals surface area contributed by atoms with Crippen LogP contribution in [0.5, 0.6) is 0 Å². The number of nitrogens with zero attached hydrogens (tertiary/aromatic N) is 6. The van der Waals surface area contributed by atoms with E-state index in [1.54, 1.807) is 22.2 Å². The predicted octanol–water partition coefficient (Wildman–Crippen LogP) is 4.27. The highest BCUT2D eigenvalue weighted by Crippen LogP contribution is 2.39. The third-order valence-corrected chi connectivity index (χ3v) is 6.63. The van der Waals surface area contributed by atoms with Crippen LogP contribution in [-0.4, -0.2) is 29.4 Å². The Morgan fingerprint density at radius 3 is 2.82 bits per heavy atom. The minimum absolute atomic E-state index is 0.210. The first-order chi connectivity index (χ1) is 13.3. The van der Waals surface area contributed by atoms with Gasteiger partial charge in [0.2, 0.25) is 0 Å². The van der Waals surface area contributed by atoms with Crippen LogP contribution in [0.1, 0.15) is 35.9 Å². The number of thiophene rings is 1. The van der Waals surface area contributed by atoms with Crippen LogP contribution in [-0.2, 0) is 26.1 Å². The summed E-state index contributed by atoms with van der Waals surface area (Å²) >= 11 is 1.69. The number of aryl methyl sites for hydroxylation is 2. The van der Waals surface area contributed by atoms with Crippen LogP contribution in [0.25, 0.3) is 27.4 Å². The van der Waals surface area contributed by atoms with Crippen LogP contribution in [0, 0.1) is 5.92 Å². The molecule has 0 saturated heterocycles. The number of alkyl halides is 3. The molecule has 0 aromatic carbocycles. The summed E-state index contributed by atoms with van der Waals surface area (Å²) in [6, 6.07) is 0.980. The monoisotopic (exact) mass is 406 g/mol. The van der Waals surface area contributed by atoms with Gasteiger partial charge in [-0.25, -0.2) is 14.5 Å². The Kier molecular flexibility index (Phi) is 3.77. The zero-order valence-electron chi connectivity index (χ0n) is 15.3. The maximum Gasteiger partial charge on any atom is 0.435 e. The average molecular weight is 406 g/mol. The van der Waals surface area contributed by atoms with E-state index in [-0.39, 0.29) is 11.5 Å². The molecule has 6 nitrogen and oxygen atoms in total. The summed E-state index contributed by atoms with van der Waals surface area (Å²) < 4.78 is 41.7. The minimum Gasteiger partial charge on any atom is -0.264 e. The Hall–Kier alpha value is -2.49. The summed E-state index contributed by atoms with van der Waals surface area (Å²) in [5, 5.41) is 8.91. The fraction of sp³-hybridized carbons (Fsp3) is 0.444. The maximum atomic E-state index is 13.0. The highest BCUT2D eigenvalue weighted by Gasteiger charge is 2.35. The third-order valence-electron chi connectivity index (χ3n) is 5.46. The number of aromatic nitrogens is 6. The molecular weight excluding hydrogens is 389 g/mol. The van der Waals surface area contributed by atoms with Gasteiger partial charge in [-0.1, -0.05) is 13.3 Å². The zero-order chi connectivity index (χ0) is 19.6. The number of hydrogen-bond donors (Lipinski definition) is 0. The Morgan fingerprint density at radius 1 is 1.29 bits per heavy atom. The number of hydrogen-bond acceptors (Lipinski definition) is 5. The molecule has 0 aliphatic heterocycles. The highest BCUT2D eigenvalue weighted by atomic mass is 32.1. The van der Waals surface area contributed by atoms with Crippen molar-refractivity contribution in [3.8, 4) is 11.5 Å². The van der Waals surface area contributed by atoms with E-state index in [0.717, 1.165) is 46.6 Å². The van der Waals surface area contributed by atoms with E-state index in [0.29, 0.717) is 11.6 Å². The van der Waals surface area contributed by atoms with Crippen molar-refractivity contribution in [3.63, 3.8) is 0 Å². The standard InChI is InChI=1S/C18H17F3N6S/c1-3-9-4-5-10-12(6-9)28-17-14(10)16-23-15(25-27(16)8-22-17)11-7-13(18(19,20)21)24-26(11)2/h7-9H,3-6H2,1-2H3/t9-/m1/s1. The van der Waals surface area contributed by atoms with Gasteiger partial charge >= 0.3 is 6.18 Å². The van der Waals surface area contributed by atoms with Gasteiger partial charge in [0, 0.05) is 11.9 Å². The number of rotatable bonds is 2. The van der Waals surface area contributed by atoms with Crippen molar-refractivity contribution in [2.75, 3.05) is 0 Å². The minimum atomic E-state index is -4.51. The topological polar surface area (TPSA) is 60.9 Å². The molecule has 4 heterocycles. The maximum absolute atomic E-state index is 13.0. The summed E-state index contributed by atoms with van der Waals surface area (Å²) in [4.78, 5) is 11.3. The van der Waals surface area contributed by atoms with Crippen LogP contribution in [0.15, 0.2) is 12.4 Å². The van der Waals surface area contributed by atoms with Crippen molar-refractivity contribution in [1.82, 2.24) is 29.4 Å². The van der Waals surface area contributed by atoms with Gasteiger partial charge in [-0.2, -0.15) is 18.3 Å². The van der Waals surface area contributed by atoms with Gasteiger partial charge in [0.15, 0.2) is 17.2 Å². The van der Waals surface area contributed by atoms with E-state index < -0.39 is 11.9 Å². The van der Waals surface area contributed by atoms with E-state index in [1.807, 2.05) is 0 Å². The Labute approximate surface area is 162 Å². The molecule has 0 N–H and O–H groups in total. The normalized spacial score (nSPS) is 17.5. The SMILES string of the molecule is CC[C@@H]1CCc2c(sc3ncn4nc(-c5cc(C(F)(F)F)nn5C)nc4c23)C1. The van der Waals surface area contributed by atoms with Gasteiger partial charge in [-0.15, -0.1) is 16.4 Å². The van der Waals surface area contributed by atoms with E-state index >= 15 is 0 Å². The molecule has 0 radical (unpaired) electrons. The van der Waals surface area contributed by atoms with E-state index in [2.05, 4.69) is 27.1 Å². The van der Waals surface area contributed by atoms with Gasteiger partial charge in [-0.05, 0) is 36.8 Å². The van der Waals surface area contributed by atoms with Crippen molar-refractivity contribution in [2.24, 2.45) is 13.0 Å². The molecule has 5 rings (SSSR count). The fourth-order valence-electron chi connectivity index (χ4n) is 3.91. The first-order valence-corrected chi connectivity index (χ1v) is 9.94. The molecule has 0 spiro atoms. The molecule has 0 amide bonds. The van der Waals surface area contributed by atoms with Gasteiger partial charge in [-0.3, -0.25) is 4.68 Å². The Bertz CT molecular complexity index is 1200. The van der Waals surface area contributed by atoms with E-state index in [9.17, 15) is 13.2 Å². The Balaban J connectivity index is 1.67. The lowest BCUT2D eigenvalue weighted by Crippen LogP contribution is -2.11. The van der Waals surface area contributed by atoms with Crippen LogP contribution < -0.4 is 0 Å². The summed E-state index contributed by atoms with van der Waals surface area (Å²) in [7, 11) is 1.46.